The minimum Gasteiger partial charge on any atom is -0.481 e. The molecule has 148 heavy (non-hydrogen) atoms. The van der Waals surface area contributed by atoms with Gasteiger partial charge in [-0.05, 0) is 147 Å². The van der Waals surface area contributed by atoms with Crippen LogP contribution in [0.4, 0.5) is 0 Å². The molecule has 0 aromatic heterocycles. The van der Waals surface area contributed by atoms with E-state index in [0.717, 1.165) is 85.1 Å². The maximum atomic E-state index is 14.8. The molecular formula is C112H172N8O28. The zero-order chi connectivity index (χ0) is 109. The number of methoxy groups -OCH3 is 4. The fourth-order valence-electron chi connectivity index (χ4n) is 21.1. The molecule has 0 spiro atoms. The number of hydrogen-bond acceptors (Lipinski definition) is 27. The topological polar surface area (TPSA) is 438 Å². The van der Waals surface area contributed by atoms with Crippen LogP contribution in [0.2, 0.25) is 0 Å². The largest absolute Gasteiger partial charge is 0.481 e. The van der Waals surface area contributed by atoms with Gasteiger partial charge in [-0.2, -0.15) is 0 Å². The molecule has 2 aliphatic carbocycles. The van der Waals surface area contributed by atoms with Gasteiger partial charge in [0.05, 0.1) is 177 Å². The van der Waals surface area contributed by atoms with Crippen LogP contribution in [0.5, 0.6) is 0 Å². The van der Waals surface area contributed by atoms with Gasteiger partial charge in [-0.15, -0.1) is 0 Å². The van der Waals surface area contributed by atoms with Crippen LogP contribution in [0, 0.1) is 59.2 Å². The van der Waals surface area contributed by atoms with Gasteiger partial charge in [0.25, 0.3) is 23.6 Å². The number of nitrogens with zero attached hydrogens (tertiary/aromatic N) is 6. The third kappa shape index (κ3) is 39.5. The lowest BCUT2D eigenvalue weighted by Crippen LogP contribution is -2.55. The lowest BCUT2D eigenvalue weighted by molar-refractivity contribution is -0.161. The highest BCUT2D eigenvalue weighted by Gasteiger charge is 2.49. The first-order chi connectivity index (χ1) is 70.3. The molecule has 2 saturated carbocycles. The van der Waals surface area contributed by atoms with Gasteiger partial charge >= 0.3 is 11.9 Å². The molecule has 4 heterocycles. The van der Waals surface area contributed by atoms with Gasteiger partial charge in [-0.25, -0.2) is 0 Å². The molecule has 10 amide bonds. The number of aliphatic carboxylic acids is 1. The molecule has 4 fully saturated rings. The van der Waals surface area contributed by atoms with Crippen molar-refractivity contribution in [2.45, 2.75) is 309 Å². The molecule has 0 unspecified atom stereocenters. The van der Waals surface area contributed by atoms with E-state index < -0.39 is 113 Å². The number of Topliss-reactive ketones (excluding diaryl/α,β-unsaturated/α-hetero) is 4. The summed E-state index contributed by atoms with van der Waals surface area (Å²) in [6.45, 7) is 27.0. The van der Waals surface area contributed by atoms with E-state index in [1.54, 1.807) is 117 Å². The number of carboxylic acids is 1. The fourth-order valence-corrected chi connectivity index (χ4v) is 21.1. The van der Waals surface area contributed by atoms with Crippen LogP contribution in [0.1, 0.15) is 242 Å². The molecule has 3 N–H and O–H groups in total. The Morgan fingerprint density at radius 3 is 1.05 bits per heavy atom. The molecule has 828 valence electrons. The smallest absolute Gasteiger partial charge is 0.310 e. The number of ether oxygens (including phenoxy) is 11. The first-order valence-electron chi connectivity index (χ1n) is 53.3. The SMILES string of the molecule is CO[C@H]([C@@H](C)C(=O)C[C@@H](Cc1ccccc1)C(=O)O)[C@@H]1CCCN1C(=O)C[C@@H](OC)[C@H](C1CCCCC1)N(C)C(=O)[C@@H](CC(=O)C(C)(C)NC(=O)CCOCCOCCOCCN1C(=O)C=CC1=O)C(C)C.CO[C@H]([C@@H](C)C(=O)C[C@@H](Cc1ccccc1)C(=O)OC(C)(C)C)[C@@H]1CCCN1C(=O)C[C@@H](OC)[C@H](C1CCCCC1)N(C)C(=O)[C@@H](CC(=O)C(C)(C)NC(=O)CCOCCOCCOCCN1C(=O)C=CC1=O)C(C)C. The van der Waals surface area contributed by atoms with Gasteiger partial charge in [0.2, 0.25) is 35.4 Å². The van der Waals surface area contributed by atoms with Crippen molar-refractivity contribution in [3.05, 3.63) is 96.1 Å². The van der Waals surface area contributed by atoms with Crippen molar-refractivity contribution >= 4 is 94.1 Å². The molecule has 8 rings (SSSR count). The quantitative estimate of drug-likeness (QED) is 0.0314. The first kappa shape index (κ1) is 125. The lowest BCUT2D eigenvalue weighted by atomic mass is 9.79. The van der Waals surface area contributed by atoms with Crippen LogP contribution in [-0.4, -0.2) is 342 Å². The molecular weight excluding hydrogens is 1910 g/mol. The summed E-state index contributed by atoms with van der Waals surface area (Å²) in [6.07, 6.45) is 14.4. The standard InChI is InChI=1S/C58H90N4O14.C54H82N4O14/c1-39(2)44(37-48(64)58(7,8)59-49(65)26-29-73-31-33-75-34-32-74-30-28-62-50(66)24-25-51(62)67)55(69)60(9)53(42-21-16-13-17-22-42)47(71-10)38-52(68)61-27-18-23-45(61)54(72-11)40(3)46(63)36-43(56(70)76-57(4,5)6)35-41-19-14-12-15-20-41;1-36(2)41(34-45(60)54(4,5)55-46(61)23-26-70-28-30-72-31-29-71-27-25-58-47(62)21-22-48(58)63)52(65)56(6)50(39-18-13-10-14-19-39)44(68-7)35-49(64)57-24-15-20-42(57)51(69-8)37(3)43(59)33-40(53(66)67)32-38-16-11-9-12-17-38/h12,14-15,19-20,24-25,39-40,42-45,47,53-54H,13,16-18,21-23,26-38H2,1-11H3,(H,59,65);9,11-12,16-17,21-22,36-37,39-42,44,50-51H,10,13-15,18-20,23-35H2,1-8H3,(H,55,61)(H,66,67)/t40-,43+,44-,45-,47+,53-,54+;37-,40+,41-,42-,44+,50-,51+/m00/s1. The number of nitrogens with one attached hydrogen (secondary N) is 2. The highest BCUT2D eigenvalue weighted by atomic mass is 16.6. The number of ketones is 4. The van der Waals surface area contributed by atoms with Crippen molar-refractivity contribution in [2.75, 3.05) is 148 Å². The third-order valence-electron chi connectivity index (χ3n) is 29.7. The zero-order valence-corrected chi connectivity index (χ0v) is 91.4. The number of carboxylic acid groups (broad SMARTS) is 1. The average Bonchev–Trinajstić information content (AvgIpc) is 1.22. The Hall–Kier alpha value is -9.76. The summed E-state index contributed by atoms with van der Waals surface area (Å²) in [5.74, 6) is -10.2. The van der Waals surface area contributed by atoms with Crippen molar-refractivity contribution in [1.29, 1.82) is 0 Å². The summed E-state index contributed by atoms with van der Waals surface area (Å²) < 4.78 is 63.2. The molecule has 36 nitrogen and oxygen atoms in total. The van der Waals surface area contributed by atoms with Gasteiger partial charge in [0.1, 0.15) is 17.2 Å². The van der Waals surface area contributed by atoms with Crippen LogP contribution in [-0.2, 0) is 142 Å². The summed E-state index contributed by atoms with van der Waals surface area (Å²) in [5, 5.41) is 15.7. The Bertz CT molecular complexity index is 4620. The van der Waals surface area contributed by atoms with Gasteiger partial charge in [-0.1, -0.05) is 141 Å². The average molecular weight is 2080 g/mol. The number of rotatable bonds is 66. The molecule has 36 heteroatoms. The summed E-state index contributed by atoms with van der Waals surface area (Å²) in [4.78, 5) is 222. The lowest BCUT2D eigenvalue weighted by Gasteiger charge is -2.43. The number of benzene rings is 2. The summed E-state index contributed by atoms with van der Waals surface area (Å²) in [5.41, 5.74) is -1.54. The Balaban J connectivity index is 0.000000401. The minimum atomic E-state index is -1.28. The van der Waals surface area contributed by atoms with Crippen LogP contribution in [0.15, 0.2) is 85.0 Å². The summed E-state index contributed by atoms with van der Waals surface area (Å²) in [6, 6.07) is 17.0. The highest BCUT2D eigenvalue weighted by Crippen LogP contribution is 2.40. The predicted molar refractivity (Wildman–Crippen MR) is 553 cm³/mol. The first-order valence-corrected chi connectivity index (χ1v) is 53.3. The second-order valence-electron chi connectivity index (χ2n) is 43.0. The van der Waals surface area contributed by atoms with Crippen molar-refractivity contribution in [3.63, 3.8) is 0 Å². The Morgan fingerprint density at radius 1 is 0.405 bits per heavy atom. The van der Waals surface area contributed by atoms with Crippen molar-refractivity contribution in [2.24, 2.45) is 59.2 Å². The Kier molecular flexibility index (Phi) is 53.2. The molecule has 2 saturated heterocycles. The molecule has 6 aliphatic rings. The van der Waals surface area contributed by atoms with E-state index in [4.69, 9.17) is 52.1 Å². The number of carbonyl (C=O) groups is 16. The molecule has 14 atom stereocenters. The van der Waals surface area contributed by atoms with Crippen molar-refractivity contribution < 1.29 is 134 Å². The fraction of sp³-hybridized carbons (Fsp3) is 0.714. The number of imide groups is 2. The Morgan fingerprint density at radius 2 is 0.730 bits per heavy atom. The van der Waals surface area contributed by atoms with Gasteiger partial charge in [-0.3, -0.25) is 86.5 Å². The normalized spacial score (nSPS) is 18.9. The van der Waals surface area contributed by atoms with Gasteiger partial charge in [0, 0.05) is 142 Å². The number of likely N-dealkylation sites (tertiary alicyclic amines) is 2. The third-order valence-corrected chi connectivity index (χ3v) is 29.7. The molecule has 2 aromatic carbocycles. The van der Waals surface area contributed by atoms with Crippen molar-refractivity contribution in [3.8, 4) is 0 Å². The number of likely N-dealkylation sites (N-methyl/N-ethyl adjacent to an activating group) is 2. The maximum Gasteiger partial charge on any atom is 0.310 e. The summed E-state index contributed by atoms with van der Waals surface area (Å²) >= 11 is 0. The van der Waals surface area contributed by atoms with E-state index in [2.05, 4.69) is 10.6 Å². The van der Waals surface area contributed by atoms with E-state index in [1.807, 2.05) is 88.4 Å². The van der Waals surface area contributed by atoms with Crippen molar-refractivity contribution in [1.82, 2.24) is 40.0 Å². The van der Waals surface area contributed by atoms with E-state index in [-0.39, 0.29) is 256 Å². The molecule has 0 radical (unpaired) electrons. The molecule has 0 bridgehead atoms. The van der Waals surface area contributed by atoms with E-state index >= 15 is 0 Å². The predicted octanol–water partition coefficient (Wildman–Crippen LogP) is 10.9. The van der Waals surface area contributed by atoms with Crippen LogP contribution < -0.4 is 10.6 Å². The van der Waals surface area contributed by atoms with Gasteiger partial charge < -0.3 is 87.4 Å². The van der Waals surface area contributed by atoms with Gasteiger partial charge in [0.15, 0.2) is 11.6 Å². The second kappa shape index (κ2) is 62.9. The second-order valence-corrected chi connectivity index (χ2v) is 43.0. The van der Waals surface area contributed by atoms with E-state index in [0.29, 0.717) is 45.2 Å². The molecule has 2 aromatic rings. The molecule has 4 aliphatic heterocycles. The van der Waals surface area contributed by atoms with Crippen LogP contribution in [0.3, 0.4) is 0 Å². The van der Waals surface area contributed by atoms with E-state index in [9.17, 15) is 81.8 Å². The number of esters is 1. The number of carbonyl (C=O) groups excluding carboxylic acids is 15. The minimum absolute atomic E-state index is 0.00193. The van der Waals surface area contributed by atoms with Crippen LogP contribution >= 0.6 is 0 Å². The Labute approximate surface area is 876 Å². The highest BCUT2D eigenvalue weighted by molar-refractivity contribution is 6.13. The maximum absolute atomic E-state index is 14.8. The summed E-state index contributed by atoms with van der Waals surface area (Å²) in [7, 11) is 9.69. The van der Waals surface area contributed by atoms with E-state index in [1.165, 1.54) is 31.4 Å². The monoisotopic (exact) mass is 2080 g/mol. The van der Waals surface area contributed by atoms with Crippen LogP contribution in [0.25, 0.3) is 0 Å². The number of hydrogen-bond donors (Lipinski definition) is 3. The zero-order valence-electron chi connectivity index (χ0n) is 91.4. The number of amides is 10.